The van der Waals surface area contributed by atoms with Crippen molar-refractivity contribution >= 4 is 57.4 Å². The molecule has 0 aliphatic heterocycles. The van der Waals surface area contributed by atoms with Crippen LogP contribution >= 0.6 is 0 Å². The quantitative estimate of drug-likeness (QED) is 0.0102. The van der Waals surface area contributed by atoms with Crippen molar-refractivity contribution in [2.45, 2.75) is 168 Å². The molecule has 1 heterocycles. The molecule has 3 atom stereocenters. The Morgan fingerprint density at radius 1 is 0.731 bits per heavy atom. The van der Waals surface area contributed by atoms with Gasteiger partial charge in [0.25, 0.3) is 5.91 Å². The third kappa shape index (κ3) is 20.2. The molecule has 13 heteroatoms. The maximum Gasteiger partial charge on any atom is 0.323 e. The Hall–Kier alpha value is -6.03. The van der Waals surface area contributed by atoms with E-state index in [0.717, 1.165) is 18.4 Å². The van der Waals surface area contributed by atoms with Crippen molar-refractivity contribution < 1.29 is 23.9 Å². The van der Waals surface area contributed by atoms with Crippen molar-refractivity contribution in [3.63, 3.8) is 0 Å². The number of Topliss-reactive ketones (excluding diaryl/α,β-unsaturated/α-hetero) is 1. The van der Waals surface area contributed by atoms with E-state index in [9.17, 15) is 29.2 Å². The Bertz CT molecular complexity index is 2280. The summed E-state index contributed by atoms with van der Waals surface area (Å²) in [5, 5.41) is 20.0. The average molecular weight is 918 g/mol. The average Bonchev–Trinajstić information content (AvgIpc) is 3.70. The van der Waals surface area contributed by atoms with Crippen LogP contribution in [0.2, 0.25) is 0 Å². The summed E-state index contributed by atoms with van der Waals surface area (Å²) in [6.07, 6.45) is 23.0. The fourth-order valence-electron chi connectivity index (χ4n) is 8.38. The zero-order chi connectivity index (χ0) is 48.3. The number of fused-ring (bicyclic) bond motifs is 1. The van der Waals surface area contributed by atoms with Crippen LogP contribution in [0.15, 0.2) is 82.7 Å². The number of nitriles is 1. The minimum absolute atomic E-state index is 0.00297. The number of imidazole rings is 1. The lowest BCUT2D eigenvalue weighted by molar-refractivity contribution is -0.148. The summed E-state index contributed by atoms with van der Waals surface area (Å²) < 4.78 is 5.69. The number of ether oxygens (including phenoxy) is 1. The number of nitrogens with zero attached hydrogens (tertiary/aromatic N) is 2. The van der Waals surface area contributed by atoms with E-state index >= 15 is 0 Å². The van der Waals surface area contributed by atoms with Crippen LogP contribution in [0, 0.1) is 22.7 Å². The van der Waals surface area contributed by atoms with Crippen LogP contribution < -0.4 is 21.7 Å². The van der Waals surface area contributed by atoms with Crippen LogP contribution in [-0.2, 0) is 23.9 Å². The molecule has 5 N–H and O–H groups in total. The van der Waals surface area contributed by atoms with Crippen molar-refractivity contribution in [2.24, 2.45) is 16.4 Å². The van der Waals surface area contributed by atoms with Crippen LogP contribution in [0.1, 0.15) is 174 Å². The second-order valence-corrected chi connectivity index (χ2v) is 18.5. The minimum Gasteiger partial charge on any atom is -0.465 e. The number of hydrazone groups is 1. The number of nitrogens with one attached hydrogen (secondary N) is 5. The topological polar surface area (TPSA) is 198 Å². The first-order chi connectivity index (χ1) is 32.4. The lowest BCUT2D eigenvalue weighted by atomic mass is 9.74. The molecule has 0 bridgehead atoms. The number of rotatable bonds is 33. The predicted octanol–water partition coefficient (Wildman–Crippen LogP) is 12.5. The first-order valence-electron chi connectivity index (χ1n) is 24.8. The van der Waals surface area contributed by atoms with Crippen LogP contribution in [0.3, 0.4) is 0 Å². The molecule has 13 nitrogen and oxygen atoms in total. The number of carbonyl (C=O) groups is 4. The van der Waals surface area contributed by atoms with Crippen molar-refractivity contribution in [3.05, 3.63) is 88.8 Å². The van der Waals surface area contributed by atoms with E-state index in [1.54, 1.807) is 42.5 Å². The van der Waals surface area contributed by atoms with E-state index in [0.29, 0.717) is 60.4 Å². The Labute approximate surface area is 397 Å². The van der Waals surface area contributed by atoms with Crippen molar-refractivity contribution in [2.75, 3.05) is 22.7 Å². The van der Waals surface area contributed by atoms with Gasteiger partial charge in [-0.15, -0.1) is 0 Å². The highest BCUT2D eigenvalue weighted by Gasteiger charge is 2.31. The summed E-state index contributed by atoms with van der Waals surface area (Å²) >= 11 is 0. The van der Waals surface area contributed by atoms with Gasteiger partial charge in [-0.25, -0.2) is 4.79 Å². The number of H-pyrrole nitrogens is 2. The van der Waals surface area contributed by atoms with Gasteiger partial charge in [0.1, 0.15) is 0 Å². The lowest BCUT2D eigenvalue weighted by Gasteiger charge is -2.28. The maximum atomic E-state index is 13.3. The molecule has 2 amide bonds. The van der Waals surface area contributed by atoms with Gasteiger partial charge < -0.3 is 25.3 Å². The predicted molar refractivity (Wildman–Crippen MR) is 270 cm³/mol. The van der Waals surface area contributed by atoms with Crippen LogP contribution in [0.25, 0.3) is 11.0 Å². The van der Waals surface area contributed by atoms with Crippen LogP contribution in [-0.4, -0.2) is 45.9 Å². The molecular weight excluding hydrogens is 843 g/mol. The lowest BCUT2D eigenvalue weighted by Crippen LogP contribution is -2.29. The summed E-state index contributed by atoms with van der Waals surface area (Å²) in [6.45, 7) is 7.73. The molecule has 0 saturated heterocycles. The maximum absolute atomic E-state index is 13.3. The number of esters is 1. The summed E-state index contributed by atoms with van der Waals surface area (Å²) in [5.41, 5.74) is 4.54. The SMILES string of the molecule is CCCCCCCCCCCCCCCCCCOC(=O)C(C)CCC(CC(C)(C#N)CCC(=O)Nc1cccc(NC(=O)/C(=N\Nc2ccc3[nH]c(=O)[nH]c3c2)C(C)=O)c1)c1ccccc1. The van der Waals surface area contributed by atoms with Gasteiger partial charge in [-0.3, -0.25) is 24.6 Å². The molecule has 0 spiro atoms. The Morgan fingerprint density at radius 3 is 1.94 bits per heavy atom. The van der Waals surface area contributed by atoms with E-state index in [1.165, 1.54) is 96.8 Å². The van der Waals surface area contributed by atoms with Gasteiger partial charge in [0.05, 0.1) is 40.7 Å². The monoisotopic (exact) mass is 918 g/mol. The smallest absolute Gasteiger partial charge is 0.323 e. The normalized spacial score (nSPS) is 13.3. The van der Waals surface area contributed by atoms with E-state index in [4.69, 9.17) is 4.74 Å². The Morgan fingerprint density at radius 2 is 1.33 bits per heavy atom. The number of amides is 2. The first kappa shape index (κ1) is 53.6. The van der Waals surface area contributed by atoms with E-state index < -0.39 is 17.1 Å². The number of aromatic nitrogens is 2. The molecule has 362 valence electrons. The van der Waals surface area contributed by atoms with Gasteiger partial charge in [0.2, 0.25) is 5.91 Å². The number of unbranched alkanes of at least 4 members (excludes halogenated alkanes) is 15. The number of anilines is 3. The van der Waals surface area contributed by atoms with Gasteiger partial charge >= 0.3 is 11.7 Å². The number of benzene rings is 3. The highest BCUT2D eigenvalue weighted by atomic mass is 16.5. The van der Waals surface area contributed by atoms with Crippen LogP contribution in [0.4, 0.5) is 17.1 Å². The van der Waals surface area contributed by atoms with Crippen molar-refractivity contribution in [1.82, 2.24) is 9.97 Å². The van der Waals surface area contributed by atoms with Gasteiger partial charge in [-0.2, -0.15) is 10.4 Å². The minimum atomic E-state index is -0.828. The molecule has 3 unspecified atom stereocenters. The third-order valence-corrected chi connectivity index (χ3v) is 12.5. The molecule has 0 radical (unpaired) electrons. The summed E-state index contributed by atoms with van der Waals surface area (Å²) in [5.74, 6) is -2.08. The summed E-state index contributed by atoms with van der Waals surface area (Å²) in [6, 6.07) is 23.9. The number of hydrogen-bond acceptors (Lipinski definition) is 9. The molecule has 0 fully saturated rings. The molecule has 4 rings (SSSR count). The van der Waals surface area contributed by atoms with Crippen LogP contribution in [0.5, 0.6) is 0 Å². The van der Waals surface area contributed by atoms with E-state index in [1.807, 2.05) is 32.0 Å². The third-order valence-electron chi connectivity index (χ3n) is 12.5. The number of ketones is 1. The van der Waals surface area contributed by atoms with Gasteiger partial charge in [-0.05, 0) is 86.9 Å². The summed E-state index contributed by atoms with van der Waals surface area (Å²) in [4.78, 5) is 68.7. The van der Waals surface area contributed by atoms with Gasteiger partial charge in [0, 0.05) is 24.7 Å². The van der Waals surface area contributed by atoms with Gasteiger partial charge in [0.15, 0.2) is 11.5 Å². The molecular formula is C54H75N7O6. The standard InChI is InChI=1S/C54H75N7O6/c1-5-6-7-8-9-10-11-12-13-14-15-16-17-18-19-23-35-67-52(65)40(2)29-30-43(42-25-21-20-22-26-42)38-54(4,39-55)34-33-49(63)56-44-27-24-28-45(36-44)57-51(64)50(41(3)62)61-60-46-31-32-47-48(37-46)59-53(66)58-47/h20-22,24-28,31-32,36-37,40,43,60H,5-19,23,29-30,33-35,38H2,1-4H3,(H,56,63)(H,57,64)(H2,58,59,66)/b61-50-. The molecule has 3 aromatic carbocycles. The second-order valence-electron chi connectivity index (χ2n) is 18.5. The number of hydrogen-bond donors (Lipinski definition) is 5. The summed E-state index contributed by atoms with van der Waals surface area (Å²) in [7, 11) is 0. The molecule has 4 aromatic rings. The van der Waals surface area contributed by atoms with E-state index in [-0.39, 0.29) is 41.5 Å². The van der Waals surface area contributed by atoms with E-state index in [2.05, 4.69) is 56.3 Å². The highest BCUT2D eigenvalue weighted by Crippen LogP contribution is 2.38. The Kier molecular flexibility index (Phi) is 23.7. The second kappa shape index (κ2) is 29.6. The fraction of sp³-hybridized carbons (Fsp3) is 0.537. The largest absolute Gasteiger partial charge is 0.465 e. The fourth-order valence-corrected chi connectivity index (χ4v) is 8.38. The van der Waals surface area contributed by atoms with Gasteiger partial charge in [-0.1, -0.05) is 147 Å². The zero-order valence-electron chi connectivity index (χ0n) is 40.5. The Balaban J connectivity index is 1.17. The highest BCUT2D eigenvalue weighted by molar-refractivity contribution is 6.67. The first-order valence-corrected chi connectivity index (χ1v) is 24.8. The number of carbonyl (C=O) groups excluding carboxylic acids is 4. The molecule has 0 saturated carbocycles. The molecule has 1 aromatic heterocycles. The molecule has 0 aliphatic rings. The van der Waals surface area contributed by atoms with Crippen molar-refractivity contribution in [1.29, 1.82) is 5.26 Å². The number of aromatic amines is 2. The molecule has 0 aliphatic carbocycles. The molecule has 67 heavy (non-hydrogen) atoms. The van der Waals surface area contributed by atoms with Crippen molar-refractivity contribution in [3.8, 4) is 6.07 Å². The zero-order valence-corrected chi connectivity index (χ0v) is 40.5.